The highest BCUT2D eigenvalue weighted by atomic mass is 79.9. The molecule has 0 aromatic heterocycles. The molecule has 0 radical (unpaired) electrons. The van der Waals surface area contributed by atoms with Crippen molar-refractivity contribution in [2.24, 2.45) is 0 Å². The summed E-state index contributed by atoms with van der Waals surface area (Å²) in [5, 5.41) is 2.66. The zero-order valence-electron chi connectivity index (χ0n) is 14.8. The van der Waals surface area contributed by atoms with Gasteiger partial charge in [-0.1, -0.05) is 33.6 Å². The van der Waals surface area contributed by atoms with Gasteiger partial charge in [0.15, 0.2) is 0 Å². The maximum absolute atomic E-state index is 11.9. The molecule has 3 amide bonds. The van der Waals surface area contributed by atoms with Gasteiger partial charge in [0.1, 0.15) is 0 Å². The van der Waals surface area contributed by atoms with Crippen LogP contribution in [0.1, 0.15) is 22.3 Å². The summed E-state index contributed by atoms with van der Waals surface area (Å²) in [7, 11) is 0. The second-order valence-electron chi connectivity index (χ2n) is 5.71. The number of aryl methyl sites for hydroxylation is 1. The van der Waals surface area contributed by atoms with Crippen LogP contribution in [0.5, 0.6) is 0 Å². The molecule has 6 nitrogen and oxygen atoms in total. The second-order valence-corrected chi connectivity index (χ2v) is 7.68. The fraction of sp³-hybridized carbons (Fsp3) is 0.211. The lowest BCUT2D eigenvalue weighted by Crippen LogP contribution is -2.43. The molecule has 2 aromatic rings. The predicted molar refractivity (Wildman–Crippen MR) is 109 cm³/mol. The van der Waals surface area contributed by atoms with E-state index in [0.717, 1.165) is 14.9 Å². The van der Waals surface area contributed by atoms with Crippen molar-refractivity contribution in [1.29, 1.82) is 0 Å². The van der Waals surface area contributed by atoms with E-state index in [2.05, 4.69) is 32.1 Å². The number of benzene rings is 2. The molecule has 0 atom stereocenters. The second kappa shape index (κ2) is 10.7. The molecule has 0 fully saturated rings. The summed E-state index contributed by atoms with van der Waals surface area (Å²) in [6.45, 7) is 2.17. The molecule has 0 aliphatic rings. The Morgan fingerprint density at radius 1 is 0.926 bits per heavy atom. The molecular formula is C19H20BrN3O3S. The minimum Gasteiger partial charge on any atom is -0.352 e. The molecule has 8 heteroatoms. The van der Waals surface area contributed by atoms with Crippen LogP contribution < -0.4 is 16.2 Å². The fourth-order valence-electron chi connectivity index (χ4n) is 2.01. The Balaban J connectivity index is 1.61. The number of hydrogen-bond acceptors (Lipinski definition) is 4. The average Bonchev–Trinajstić information content (AvgIpc) is 2.66. The van der Waals surface area contributed by atoms with Crippen LogP contribution in [0.4, 0.5) is 0 Å². The molecule has 0 aliphatic carbocycles. The van der Waals surface area contributed by atoms with Crippen LogP contribution >= 0.6 is 27.7 Å². The summed E-state index contributed by atoms with van der Waals surface area (Å²) >= 11 is 4.69. The number of amides is 3. The van der Waals surface area contributed by atoms with Gasteiger partial charge in [0, 0.05) is 27.9 Å². The standard InChI is InChI=1S/C19H20BrN3O3S/c1-13-2-8-16(9-3-13)27-12-18(25)23-22-17(24)10-11-21-19(26)14-4-6-15(20)7-5-14/h2-9H,10-12H2,1H3,(H,21,26)(H,22,24)(H,23,25). The van der Waals surface area contributed by atoms with E-state index in [-0.39, 0.29) is 36.4 Å². The molecule has 0 saturated carbocycles. The average molecular weight is 450 g/mol. The first-order chi connectivity index (χ1) is 12.9. The Hall–Kier alpha value is -2.32. The number of hydrazine groups is 1. The van der Waals surface area contributed by atoms with Crippen LogP contribution in [0.2, 0.25) is 0 Å². The number of rotatable bonds is 7. The summed E-state index contributed by atoms with van der Waals surface area (Å²) in [6.07, 6.45) is 0.0631. The molecule has 27 heavy (non-hydrogen) atoms. The van der Waals surface area contributed by atoms with E-state index in [1.165, 1.54) is 11.8 Å². The normalized spacial score (nSPS) is 10.1. The molecule has 0 aliphatic heterocycles. The highest BCUT2D eigenvalue weighted by Crippen LogP contribution is 2.17. The summed E-state index contributed by atoms with van der Waals surface area (Å²) < 4.78 is 0.884. The Morgan fingerprint density at radius 3 is 2.22 bits per heavy atom. The van der Waals surface area contributed by atoms with Gasteiger partial charge in [0.05, 0.1) is 5.75 Å². The van der Waals surface area contributed by atoms with E-state index >= 15 is 0 Å². The van der Waals surface area contributed by atoms with Crippen LogP contribution in [0, 0.1) is 6.92 Å². The van der Waals surface area contributed by atoms with Crippen molar-refractivity contribution < 1.29 is 14.4 Å². The van der Waals surface area contributed by atoms with Crippen molar-refractivity contribution in [2.45, 2.75) is 18.2 Å². The van der Waals surface area contributed by atoms with Crippen molar-refractivity contribution >= 4 is 45.4 Å². The van der Waals surface area contributed by atoms with Gasteiger partial charge in [-0.15, -0.1) is 11.8 Å². The summed E-state index contributed by atoms with van der Waals surface area (Å²) in [5.41, 5.74) is 6.37. The van der Waals surface area contributed by atoms with Crippen LogP contribution in [0.3, 0.4) is 0 Å². The molecule has 0 saturated heterocycles. The van der Waals surface area contributed by atoms with Crippen molar-refractivity contribution in [3.63, 3.8) is 0 Å². The van der Waals surface area contributed by atoms with E-state index in [1.54, 1.807) is 24.3 Å². The number of carbonyl (C=O) groups excluding carboxylic acids is 3. The highest BCUT2D eigenvalue weighted by molar-refractivity contribution is 9.10. The van der Waals surface area contributed by atoms with Crippen molar-refractivity contribution in [3.8, 4) is 0 Å². The summed E-state index contributed by atoms with van der Waals surface area (Å²) in [5.74, 6) is -0.731. The number of halogens is 1. The highest BCUT2D eigenvalue weighted by Gasteiger charge is 2.08. The number of carbonyl (C=O) groups is 3. The lowest BCUT2D eigenvalue weighted by atomic mass is 10.2. The maximum Gasteiger partial charge on any atom is 0.251 e. The third-order valence-corrected chi connectivity index (χ3v) is 5.02. The van der Waals surface area contributed by atoms with Crippen LogP contribution in [-0.2, 0) is 9.59 Å². The quantitative estimate of drug-likeness (QED) is 0.447. The van der Waals surface area contributed by atoms with Crippen molar-refractivity contribution in [2.75, 3.05) is 12.3 Å². The van der Waals surface area contributed by atoms with E-state index in [9.17, 15) is 14.4 Å². The van der Waals surface area contributed by atoms with Crippen LogP contribution in [0.25, 0.3) is 0 Å². The first-order valence-electron chi connectivity index (χ1n) is 8.25. The largest absolute Gasteiger partial charge is 0.352 e. The minimum absolute atomic E-state index is 0.0631. The fourth-order valence-corrected chi connectivity index (χ4v) is 2.98. The lowest BCUT2D eigenvalue weighted by molar-refractivity contribution is -0.127. The third-order valence-electron chi connectivity index (χ3n) is 3.48. The number of nitrogens with one attached hydrogen (secondary N) is 3. The Morgan fingerprint density at radius 2 is 1.56 bits per heavy atom. The molecular weight excluding hydrogens is 430 g/mol. The van der Waals surface area contributed by atoms with E-state index in [1.807, 2.05) is 31.2 Å². The van der Waals surface area contributed by atoms with Gasteiger partial charge in [0.25, 0.3) is 5.91 Å². The third kappa shape index (κ3) is 7.84. The van der Waals surface area contributed by atoms with E-state index in [0.29, 0.717) is 5.56 Å². The van der Waals surface area contributed by atoms with Gasteiger partial charge in [-0.05, 0) is 43.3 Å². The number of thioether (sulfide) groups is 1. The predicted octanol–water partition coefficient (Wildman–Crippen LogP) is 2.82. The SMILES string of the molecule is Cc1ccc(SCC(=O)NNC(=O)CCNC(=O)c2ccc(Br)cc2)cc1. The monoisotopic (exact) mass is 449 g/mol. The Kier molecular flexibility index (Phi) is 8.35. The molecule has 3 N–H and O–H groups in total. The van der Waals surface area contributed by atoms with Gasteiger partial charge in [-0.25, -0.2) is 0 Å². The molecule has 2 aromatic carbocycles. The molecule has 2 rings (SSSR count). The number of hydrogen-bond donors (Lipinski definition) is 3. The molecule has 0 spiro atoms. The zero-order valence-corrected chi connectivity index (χ0v) is 17.2. The lowest BCUT2D eigenvalue weighted by Gasteiger charge is -2.08. The molecule has 0 heterocycles. The van der Waals surface area contributed by atoms with Gasteiger partial charge in [0.2, 0.25) is 11.8 Å². The van der Waals surface area contributed by atoms with Crippen LogP contribution in [0.15, 0.2) is 57.9 Å². The molecule has 142 valence electrons. The van der Waals surface area contributed by atoms with Gasteiger partial charge in [-0.3, -0.25) is 25.2 Å². The Labute approximate surface area is 170 Å². The van der Waals surface area contributed by atoms with Crippen molar-refractivity contribution in [1.82, 2.24) is 16.2 Å². The summed E-state index contributed by atoms with van der Waals surface area (Å²) in [6, 6.07) is 14.8. The zero-order chi connectivity index (χ0) is 19.6. The Bertz CT molecular complexity index is 795. The van der Waals surface area contributed by atoms with Gasteiger partial charge in [-0.2, -0.15) is 0 Å². The maximum atomic E-state index is 11.9. The van der Waals surface area contributed by atoms with E-state index in [4.69, 9.17) is 0 Å². The molecule has 0 bridgehead atoms. The molecule has 0 unspecified atom stereocenters. The van der Waals surface area contributed by atoms with Crippen LogP contribution in [-0.4, -0.2) is 30.0 Å². The smallest absolute Gasteiger partial charge is 0.251 e. The first kappa shape index (κ1) is 21.0. The van der Waals surface area contributed by atoms with E-state index < -0.39 is 0 Å². The van der Waals surface area contributed by atoms with Gasteiger partial charge < -0.3 is 5.32 Å². The summed E-state index contributed by atoms with van der Waals surface area (Å²) in [4.78, 5) is 36.4. The topological polar surface area (TPSA) is 87.3 Å². The van der Waals surface area contributed by atoms with Crippen molar-refractivity contribution in [3.05, 3.63) is 64.1 Å². The van der Waals surface area contributed by atoms with Gasteiger partial charge >= 0.3 is 0 Å². The minimum atomic E-state index is -0.375. The first-order valence-corrected chi connectivity index (χ1v) is 10.0.